The molecule has 1 aliphatic heterocycles. The van der Waals surface area contributed by atoms with Gasteiger partial charge in [-0.25, -0.2) is 0 Å². The van der Waals surface area contributed by atoms with Gasteiger partial charge in [-0.05, 0) is 19.4 Å². The average Bonchev–Trinajstić information content (AvgIpc) is 2.69. The van der Waals surface area contributed by atoms with Crippen LogP contribution in [0.1, 0.15) is 13.3 Å². The lowest BCUT2D eigenvalue weighted by atomic mass is 10.1. The van der Waals surface area contributed by atoms with Crippen molar-refractivity contribution in [3.05, 3.63) is 30.5 Å². The predicted octanol–water partition coefficient (Wildman–Crippen LogP) is 1.59. The lowest BCUT2D eigenvalue weighted by molar-refractivity contribution is 0.0839. The van der Waals surface area contributed by atoms with Gasteiger partial charge >= 0.3 is 0 Å². The van der Waals surface area contributed by atoms with Gasteiger partial charge in [0.15, 0.2) is 0 Å². The lowest BCUT2D eigenvalue weighted by Gasteiger charge is -2.21. The molecule has 1 unspecified atom stereocenters. The Bertz CT molecular complexity index is 548. The third-order valence-corrected chi connectivity index (χ3v) is 3.32. The fraction of sp³-hybridized carbons (Fsp3) is 0.385. The molecule has 0 bridgehead atoms. The molecule has 1 aliphatic rings. The average molecular weight is 229 g/mol. The molecule has 0 saturated carbocycles. The first-order valence-corrected chi connectivity index (χ1v) is 5.83. The van der Waals surface area contributed by atoms with Gasteiger partial charge < -0.3 is 10.0 Å². The number of hydrogen-bond acceptors (Lipinski definition) is 4. The number of nitrogens with zero attached hydrogens (tertiary/aromatic N) is 3. The van der Waals surface area contributed by atoms with Crippen LogP contribution < -0.4 is 4.90 Å². The van der Waals surface area contributed by atoms with Gasteiger partial charge in [-0.15, -0.1) is 0 Å². The van der Waals surface area contributed by atoms with Crippen molar-refractivity contribution in [2.24, 2.45) is 0 Å². The molecule has 1 fully saturated rings. The van der Waals surface area contributed by atoms with Crippen LogP contribution in [0.3, 0.4) is 0 Å². The smallest absolute Gasteiger partial charge is 0.0950 e. The van der Waals surface area contributed by atoms with E-state index in [9.17, 15) is 5.11 Å². The first kappa shape index (κ1) is 10.5. The van der Waals surface area contributed by atoms with Crippen LogP contribution in [0.2, 0.25) is 0 Å². The third kappa shape index (κ3) is 1.85. The van der Waals surface area contributed by atoms with Crippen LogP contribution in [-0.4, -0.2) is 34.0 Å². The van der Waals surface area contributed by atoms with E-state index >= 15 is 0 Å². The van der Waals surface area contributed by atoms with E-state index in [-0.39, 0.29) is 0 Å². The molecule has 0 aliphatic carbocycles. The summed E-state index contributed by atoms with van der Waals surface area (Å²) in [6, 6.07) is 7.97. The molecule has 17 heavy (non-hydrogen) atoms. The molecule has 4 heteroatoms. The molecular weight excluding hydrogens is 214 g/mol. The minimum atomic E-state index is -0.593. The van der Waals surface area contributed by atoms with Crippen molar-refractivity contribution in [3.63, 3.8) is 0 Å². The molecule has 1 N–H and O–H groups in total. The summed E-state index contributed by atoms with van der Waals surface area (Å²) in [5.74, 6) is 0. The van der Waals surface area contributed by atoms with Gasteiger partial charge in [0.25, 0.3) is 0 Å². The Balaban J connectivity index is 2.06. The lowest BCUT2D eigenvalue weighted by Crippen LogP contribution is -2.29. The zero-order chi connectivity index (χ0) is 11.9. The highest BCUT2D eigenvalue weighted by atomic mass is 16.3. The Morgan fingerprint density at radius 3 is 2.94 bits per heavy atom. The number of hydrogen-bond donors (Lipinski definition) is 1. The van der Waals surface area contributed by atoms with E-state index in [0.717, 1.165) is 29.6 Å². The summed E-state index contributed by atoms with van der Waals surface area (Å²) >= 11 is 0. The second-order valence-electron chi connectivity index (χ2n) is 4.92. The molecule has 3 rings (SSSR count). The Hall–Kier alpha value is -1.68. The van der Waals surface area contributed by atoms with Gasteiger partial charge in [-0.3, -0.25) is 0 Å². The molecule has 1 saturated heterocycles. The van der Waals surface area contributed by atoms with Crippen LogP contribution in [-0.2, 0) is 0 Å². The normalized spacial score (nSPS) is 24.5. The monoisotopic (exact) mass is 229 g/mol. The number of benzene rings is 1. The van der Waals surface area contributed by atoms with Gasteiger partial charge in [-0.1, -0.05) is 18.2 Å². The summed E-state index contributed by atoms with van der Waals surface area (Å²) in [6.07, 6.45) is 2.58. The van der Waals surface area contributed by atoms with Gasteiger partial charge in [-0.2, -0.15) is 10.2 Å². The fourth-order valence-corrected chi connectivity index (χ4v) is 2.40. The number of aliphatic hydroxyl groups is 1. The number of anilines is 1. The predicted molar refractivity (Wildman–Crippen MR) is 67.0 cm³/mol. The van der Waals surface area contributed by atoms with Crippen LogP contribution >= 0.6 is 0 Å². The van der Waals surface area contributed by atoms with Crippen LogP contribution in [0.5, 0.6) is 0 Å². The van der Waals surface area contributed by atoms with E-state index in [0.29, 0.717) is 6.54 Å². The molecule has 2 heterocycles. The highest BCUT2D eigenvalue weighted by molar-refractivity contribution is 5.90. The fourth-order valence-electron chi connectivity index (χ4n) is 2.40. The number of rotatable bonds is 1. The van der Waals surface area contributed by atoms with E-state index < -0.39 is 5.60 Å². The second kappa shape index (κ2) is 3.67. The minimum absolute atomic E-state index is 0.593. The molecule has 1 atom stereocenters. The number of fused-ring (bicyclic) bond motifs is 1. The quantitative estimate of drug-likeness (QED) is 0.806. The number of β-amino-alcohol motifs (C(OH)–C–C–N with tert-alkyl or cyclic N) is 1. The SMILES string of the molecule is CC1(O)CCN(c2cnnc3ccccc23)C1. The van der Waals surface area contributed by atoms with Gasteiger partial charge in [0.1, 0.15) is 0 Å². The van der Waals surface area contributed by atoms with Gasteiger partial charge in [0.05, 0.1) is 23.0 Å². The summed E-state index contributed by atoms with van der Waals surface area (Å²) in [4.78, 5) is 2.18. The minimum Gasteiger partial charge on any atom is -0.388 e. The van der Waals surface area contributed by atoms with Crippen molar-refractivity contribution in [1.29, 1.82) is 0 Å². The molecule has 2 aromatic rings. The number of aromatic nitrogens is 2. The Morgan fingerprint density at radius 1 is 1.35 bits per heavy atom. The van der Waals surface area contributed by atoms with Crippen molar-refractivity contribution < 1.29 is 5.11 Å². The van der Waals surface area contributed by atoms with E-state index in [4.69, 9.17) is 0 Å². The second-order valence-corrected chi connectivity index (χ2v) is 4.92. The van der Waals surface area contributed by atoms with Crippen molar-refractivity contribution >= 4 is 16.6 Å². The van der Waals surface area contributed by atoms with Crippen molar-refractivity contribution in [2.75, 3.05) is 18.0 Å². The third-order valence-electron chi connectivity index (χ3n) is 3.32. The topological polar surface area (TPSA) is 49.2 Å². The maximum Gasteiger partial charge on any atom is 0.0950 e. The van der Waals surface area contributed by atoms with Crippen LogP contribution in [0.25, 0.3) is 10.9 Å². The molecule has 4 nitrogen and oxygen atoms in total. The molecule has 0 spiro atoms. The Labute approximate surface area is 99.9 Å². The summed E-state index contributed by atoms with van der Waals surface area (Å²) < 4.78 is 0. The summed E-state index contributed by atoms with van der Waals surface area (Å²) in [5, 5.41) is 19.3. The molecule has 1 aromatic carbocycles. The first-order chi connectivity index (χ1) is 8.16. The molecule has 0 radical (unpaired) electrons. The summed E-state index contributed by atoms with van der Waals surface area (Å²) in [5.41, 5.74) is 1.37. The van der Waals surface area contributed by atoms with Crippen LogP contribution in [0.4, 0.5) is 5.69 Å². The zero-order valence-corrected chi connectivity index (χ0v) is 9.80. The Kier molecular flexibility index (Phi) is 2.26. The summed E-state index contributed by atoms with van der Waals surface area (Å²) in [6.45, 7) is 3.40. The largest absolute Gasteiger partial charge is 0.388 e. The van der Waals surface area contributed by atoms with E-state index in [1.165, 1.54) is 0 Å². The zero-order valence-electron chi connectivity index (χ0n) is 9.80. The van der Waals surface area contributed by atoms with E-state index in [1.807, 2.05) is 31.2 Å². The van der Waals surface area contributed by atoms with Crippen molar-refractivity contribution in [1.82, 2.24) is 10.2 Å². The molecular formula is C13H15N3O. The van der Waals surface area contributed by atoms with Crippen LogP contribution in [0.15, 0.2) is 30.5 Å². The highest BCUT2D eigenvalue weighted by Gasteiger charge is 2.32. The van der Waals surface area contributed by atoms with E-state index in [2.05, 4.69) is 15.1 Å². The van der Waals surface area contributed by atoms with Crippen molar-refractivity contribution in [3.8, 4) is 0 Å². The van der Waals surface area contributed by atoms with Crippen LogP contribution in [0, 0.1) is 0 Å². The van der Waals surface area contributed by atoms with E-state index in [1.54, 1.807) is 6.20 Å². The maximum absolute atomic E-state index is 10.0. The van der Waals surface area contributed by atoms with Crippen molar-refractivity contribution in [2.45, 2.75) is 18.9 Å². The molecule has 1 aromatic heterocycles. The highest BCUT2D eigenvalue weighted by Crippen LogP contribution is 2.30. The molecule has 88 valence electrons. The maximum atomic E-state index is 10.0. The van der Waals surface area contributed by atoms with Gasteiger partial charge in [0, 0.05) is 18.5 Å². The first-order valence-electron chi connectivity index (χ1n) is 5.83. The van der Waals surface area contributed by atoms with Gasteiger partial charge in [0.2, 0.25) is 0 Å². The Morgan fingerprint density at radius 2 is 2.18 bits per heavy atom. The standard InChI is InChI=1S/C13H15N3O/c1-13(17)6-7-16(9-13)12-8-14-15-11-5-3-2-4-10(11)12/h2-5,8,17H,6-7,9H2,1H3. The summed E-state index contributed by atoms with van der Waals surface area (Å²) in [7, 11) is 0. The molecule has 0 amide bonds.